The van der Waals surface area contributed by atoms with Crippen molar-refractivity contribution in [2.24, 2.45) is 5.92 Å². The Kier molecular flexibility index (Phi) is 68.4. The van der Waals surface area contributed by atoms with Gasteiger partial charge in [0, 0.05) is 12.8 Å². The third-order valence-electron chi connectivity index (χ3n) is 15.1. The van der Waals surface area contributed by atoms with Crippen LogP contribution in [0.2, 0.25) is 0 Å². The van der Waals surface area contributed by atoms with Crippen LogP contribution in [0, 0.1) is 5.92 Å². The minimum Gasteiger partial charge on any atom is -0.466 e. The number of allylic oxidation sites excluding steroid dienone is 2. The molecule has 0 atom stereocenters. The van der Waals surface area contributed by atoms with E-state index in [0.717, 1.165) is 38.0 Å². The van der Waals surface area contributed by atoms with Crippen LogP contribution in [0.5, 0.6) is 0 Å². The molecule has 0 N–H and O–H groups in total. The molecule has 0 saturated carbocycles. The van der Waals surface area contributed by atoms with Crippen molar-refractivity contribution >= 4 is 11.9 Å². The summed E-state index contributed by atoms with van der Waals surface area (Å²) >= 11 is 0. The molecule has 0 radical (unpaired) electrons. The van der Waals surface area contributed by atoms with Crippen LogP contribution in [0.4, 0.5) is 0 Å². The summed E-state index contributed by atoms with van der Waals surface area (Å²) in [5.41, 5.74) is 0. The van der Waals surface area contributed by atoms with Gasteiger partial charge in [-0.05, 0) is 57.3 Å². The zero-order valence-electron chi connectivity index (χ0n) is 50.4. The van der Waals surface area contributed by atoms with E-state index in [0.29, 0.717) is 26.1 Å². The molecule has 0 bridgehead atoms. The third-order valence-corrected chi connectivity index (χ3v) is 15.1. The summed E-state index contributed by atoms with van der Waals surface area (Å²) in [6, 6.07) is 0. The Balaban J connectivity index is 0. The Morgan fingerprint density at radius 3 is 0.736 bits per heavy atom. The number of rotatable bonds is 60. The molecule has 4 nitrogen and oxygen atoms in total. The molecule has 0 amide bonds. The van der Waals surface area contributed by atoms with Crippen molar-refractivity contribution in [3.05, 3.63) is 12.2 Å². The van der Waals surface area contributed by atoms with Crippen LogP contribution in [0.15, 0.2) is 12.2 Å². The summed E-state index contributed by atoms with van der Waals surface area (Å²) in [6.45, 7) is 12.8. The van der Waals surface area contributed by atoms with E-state index in [1.807, 2.05) is 0 Å². The van der Waals surface area contributed by atoms with Gasteiger partial charge in [-0.25, -0.2) is 0 Å². The lowest BCUT2D eigenvalue weighted by atomic mass is 10.0. The first kappa shape index (κ1) is 72.8. The van der Waals surface area contributed by atoms with Gasteiger partial charge in [-0.1, -0.05) is 342 Å². The molecule has 0 heterocycles. The highest BCUT2D eigenvalue weighted by molar-refractivity contribution is 5.69. The third kappa shape index (κ3) is 70.8. The molecule has 0 aliphatic rings. The lowest BCUT2D eigenvalue weighted by Gasteiger charge is -2.06. The average molecular weight is 1020 g/mol. The summed E-state index contributed by atoms with van der Waals surface area (Å²) in [7, 11) is 0. The van der Waals surface area contributed by atoms with Gasteiger partial charge in [0.2, 0.25) is 0 Å². The average Bonchev–Trinajstić information content (AvgIpc) is 3.37. The number of carbonyl (C=O) groups is 2. The van der Waals surface area contributed by atoms with Gasteiger partial charge in [0.05, 0.1) is 13.2 Å². The van der Waals surface area contributed by atoms with Crippen LogP contribution >= 0.6 is 0 Å². The summed E-state index contributed by atoms with van der Waals surface area (Å²) < 4.78 is 10.8. The quantitative estimate of drug-likeness (QED) is 0.0346. The second-order valence-electron chi connectivity index (χ2n) is 23.1. The van der Waals surface area contributed by atoms with Crippen molar-refractivity contribution < 1.29 is 19.1 Å². The lowest BCUT2D eigenvalue weighted by molar-refractivity contribution is -0.144. The molecule has 0 rings (SSSR count). The first-order valence-corrected chi connectivity index (χ1v) is 33.4. The SMILES string of the molecule is CCCCCCCC/C=C\CCCCCCCC(=O)OCCCCCCCCCCCCCCCC.CCCCCCCCCCCCCCCCOC(=O)CCCCCCCCCCCCCCC(C)C. The molecule has 0 aromatic heterocycles. The predicted octanol–water partition coefficient (Wildman–Crippen LogP) is 24.2. The van der Waals surface area contributed by atoms with E-state index in [1.165, 1.54) is 315 Å². The zero-order valence-corrected chi connectivity index (χ0v) is 50.4. The van der Waals surface area contributed by atoms with Gasteiger partial charge < -0.3 is 9.47 Å². The summed E-state index contributed by atoms with van der Waals surface area (Å²) in [6.07, 6.45) is 78.4. The van der Waals surface area contributed by atoms with Crippen molar-refractivity contribution in [2.45, 2.75) is 394 Å². The van der Waals surface area contributed by atoms with Gasteiger partial charge in [0.1, 0.15) is 0 Å². The van der Waals surface area contributed by atoms with E-state index in [1.54, 1.807) is 0 Å². The maximum atomic E-state index is 11.9. The van der Waals surface area contributed by atoms with Gasteiger partial charge >= 0.3 is 11.9 Å². The fraction of sp³-hybridized carbons (Fsp3) is 0.941. The molecule has 0 aliphatic heterocycles. The van der Waals surface area contributed by atoms with E-state index in [4.69, 9.17) is 9.47 Å². The Bertz CT molecular complexity index is 1020. The molecule has 0 saturated heterocycles. The van der Waals surface area contributed by atoms with Gasteiger partial charge in [-0.2, -0.15) is 0 Å². The Morgan fingerprint density at radius 1 is 0.278 bits per heavy atom. The van der Waals surface area contributed by atoms with Crippen molar-refractivity contribution in [3.63, 3.8) is 0 Å². The van der Waals surface area contributed by atoms with Gasteiger partial charge in [0.25, 0.3) is 0 Å². The maximum absolute atomic E-state index is 11.9. The van der Waals surface area contributed by atoms with E-state index >= 15 is 0 Å². The lowest BCUT2D eigenvalue weighted by Crippen LogP contribution is -2.05. The molecular formula is C68H134O4. The summed E-state index contributed by atoms with van der Waals surface area (Å²) in [5, 5.41) is 0. The largest absolute Gasteiger partial charge is 0.466 e. The summed E-state index contributed by atoms with van der Waals surface area (Å²) in [5.74, 6) is 0.912. The van der Waals surface area contributed by atoms with Crippen LogP contribution in [0.25, 0.3) is 0 Å². The number of unbranched alkanes of at least 4 members (excludes halogenated alkanes) is 48. The van der Waals surface area contributed by atoms with Crippen molar-refractivity contribution in [1.82, 2.24) is 0 Å². The molecule has 0 unspecified atom stereocenters. The first-order valence-electron chi connectivity index (χ1n) is 33.4. The first-order chi connectivity index (χ1) is 35.5. The fourth-order valence-electron chi connectivity index (χ4n) is 10.0. The number of hydrogen-bond acceptors (Lipinski definition) is 4. The van der Waals surface area contributed by atoms with Crippen LogP contribution in [0.1, 0.15) is 394 Å². The molecule has 0 aliphatic carbocycles. The molecule has 0 aromatic carbocycles. The van der Waals surface area contributed by atoms with Crippen molar-refractivity contribution in [3.8, 4) is 0 Å². The Labute approximate surface area is 454 Å². The number of esters is 2. The van der Waals surface area contributed by atoms with Gasteiger partial charge in [-0.3, -0.25) is 9.59 Å². The standard InChI is InChI=1S/C34H68O2.C34H66O2/c1-4-5-6-7-8-9-10-11-14-17-20-23-26-29-32-36-34(35)31-28-25-22-19-16-13-12-15-18-21-24-27-30-33(2)3;1-3-5-7-9-11-13-15-17-19-20-22-24-26-28-30-32-34(35)36-33-31-29-27-25-23-21-18-16-14-12-10-8-6-4-2/h33H,4-32H2,1-3H3;17,19H,3-16,18,20-33H2,1-2H3/b;19-17-. The van der Waals surface area contributed by atoms with Gasteiger partial charge in [0.15, 0.2) is 0 Å². The highest BCUT2D eigenvalue weighted by Crippen LogP contribution is 2.18. The smallest absolute Gasteiger partial charge is 0.305 e. The Morgan fingerprint density at radius 2 is 0.486 bits per heavy atom. The second kappa shape index (κ2) is 67.7. The van der Waals surface area contributed by atoms with Crippen LogP contribution in [-0.4, -0.2) is 25.2 Å². The topological polar surface area (TPSA) is 52.6 Å². The fourth-order valence-corrected chi connectivity index (χ4v) is 10.0. The molecule has 0 fully saturated rings. The van der Waals surface area contributed by atoms with Crippen LogP contribution < -0.4 is 0 Å². The predicted molar refractivity (Wildman–Crippen MR) is 321 cm³/mol. The van der Waals surface area contributed by atoms with E-state index < -0.39 is 0 Å². The van der Waals surface area contributed by atoms with Crippen molar-refractivity contribution in [1.29, 1.82) is 0 Å². The van der Waals surface area contributed by atoms with Crippen LogP contribution in [0.3, 0.4) is 0 Å². The maximum Gasteiger partial charge on any atom is 0.305 e. The van der Waals surface area contributed by atoms with E-state index in [-0.39, 0.29) is 11.9 Å². The zero-order chi connectivity index (χ0) is 52.6. The monoisotopic (exact) mass is 1020 g/mol. The normalized spacial score (nSPS) is 11.5. The molecule has 430 valence electrons. The Hall–Kier alpha value is -1.32. The van der Waals surface area contributed by atoms with E-state index in [2.05, 4.69) is 46.8 Å². The number of hydrogen-bond donors (Lipinski definition) is 0. The van der Waals surface area contributed by atoms with Gasteiger partial charge in [-0.15, -0.1) is 0 Å². The second-order valence-corrected chi connectivity index (χ2v) is 23.1. The summed E-state index contributed by atoms with van der Waals surface area (Å²) in [4.78, 5) is 23.8. The highest BCUT2D eigenvalue weighted by Gasteiger charge is 2.05. The minimum atomic E-state index is 0.0160. The number of ether oxygens (including phenoxy) is 2. The highest BCUT2D eigenvalue weighted by atomic mass is 16.5. The molecule has 0 spiro atoms. The minimum absolute atomic E-state index is 0.0160. The molecule has 4 heteroatoms. The molecule has 72 heavy (non-hydrogen) atoms. The van der Waals surface area contributed by atoms with Crippen molar-refractivity contribution in [2.75, 3.05) is 13.2 Å². The molecule has 0 aromatic rings. The molecular weight excluding hydrogens is 881 g/mol. The van der Waals surface area contributed by atoms with E-state index in [9.17, 15) is 9.59 Å². The van der Waals surface area contributed by atoms with Crippen LogP contribution in [-0.2, 0) is 19.1 Å². The number of carbonyl (C=O) groups excluding carboxylic acids is 2.